The second kappa shape index (κ2) is 4.46. The maximum absolute atomic E-state index is 13.0. The summed E-state index contributed by atoms with van der Waals surface area (Å²) in [6.07, 6.45) is 0. The van der Waals surface area contributed by atoms with Gasteiger partial charge in [-0.05, 0) is 36.7 Å². The van der Waals surface area contributed by atoms with Gasteiger partial charge in [0, 0.05) is 11.4 Å². The highest BCUT2D eigenvalue weighted by Gasteiger charge is 2.13. The van der Waals surface area contributed by atoms with E-state index in [2.05, 4.69) is 14.9 Å². The van der Waals surface area contributed by atoms with Crippen molar-refractivity contribution in [3.8, 4) is 0 Å². The molecule has 0 saturated heterocycles. The van der Waals surface area contributed by atoms with E-state index < -0.39 is 5.82 Å². The van der Waals surface area contributed by atoms with Crippen LogP contribution in [0.4, 0.5) is 15.8 Å². The van der Waals surface area contributed by atoms with E-state index in [1.807, 2.05) is 0 Å². The summed E-state index contributed by atoms with van der Waals surface area (Å²) in [6.45, 7) is 1.68. The second-order valence-electron chi connectivity index (χ2n) is 3.41. The third-order valence-electron chi connectivity index (χ3n) is 2.04. The summed E-state index contributed by atoms with van der Waals surface area (Å²) in [7, 11) is 0. The van der Waals surface area contributed by atoms with Gasteiger partial charge in [0.05, 0.1) is 5.69 Å². The molecule has 0 aliphatic rings. The zero-order valence-electron chi connectivity index (χ0n) is 8.90. The van der Waals surface area contributed by atoms with Crippen LogP contribution in [0.1, 0.15) is 15.4 Å². The minimum Gasteiger partial charge on any atom is -0.399 e. The lowest BCUT2D eigenvalue weighted by atomic mass is 10.2. The van der Waals surface area contributed by atoms with Gasteiger partial charge in [-0.15, -0.1) is 5.10 Å². The van der Waals surface area contributed by atoms with Crippen LogP contribution in [-0.4, -0.2) is 15.5 Å². The average molecular weight is 252 g/mol. The van der Waals surface area contributed by atoms with E-state index in [4.69, 9.17) is 5.73 Å². The van der Waals surface area contributed by atoms with Crippen molar-refractivity contribution in [1.29, 1.82) is 0 Å². The quantitative estimate of drug-likeness (QED) is 0.799. The number of benzene rings is 1. The molecule has 88 valence electrons. The number of aromatic nitrogens is 2. The Morgan fingerprint density at radius 2 is 2.24 bits per heavy atom. The molecule has 5 nitrogen and oxygen atoms in total. The van der Waals surface area contributed by atoms with Crippen molar-refractivity contribution in [2.45, 2.75) is 6.92 Å². The Labute approximate surface area is 101 Å². The third kappa shape index (κ3) is 2.56. The molecular formula is C10H9FN4OS. The highest BCUT2D eigenvalue weighted by atomic mass is 32.1. The van der Waals surface area contributed by atoms with Gasteiger partial charge in [-0.25, -0.2) is 4.39 Å². The summed E-state index contributed by atoms with van der Waals surface area (Å²) in [5, 5.41) is 6.26. The number of nitrogens with two attached hydrogens (primary N) is 1. The molecule has 3 N–H and O–H groups in total. The maximum Gasteiger partial charge on any atom is 0.269 e. The predicted octanol–water partition coefficient (Wildman–Crippen LogP) is 1.82. The molecule has 2 aromatic rings. The molecule has 1 amide bonds. The summed E-state index contributed by atoms with van der Waals surface area (Å²) in [5.74, 6) is -0.873. The molecule has 0 radical (unpaired) electrons. The summed E-state index contributed by atoms with van der Waals surface area (Å²) < 4.78 is 16.7. The van der Waals surface area contributed by atoms with Crippen molar-refractivity contribution >= 4 is 28.8 Å². The molecule has 1 aromatic carbocycles. The van der Waals surface area contributed by atoms with Gasteiger partial charge in [0.2, 0.25) is 0 Å². The van der Waals surface area contributed by atoms with Crippen LogP contribution >= 0.6 is 11.5 Å². The van der Waals surface area contributed by atoms with Gasteiger partial charge in [-0.3, -0.25) is 4.79 Å². The van der Waals surface area contributed by atoms with Crippen molar-refractivity contribution in [1.82, 2.24) is 9.59 Å². The van der Waals surface area contributed by atoms with Crippen molar-refractivity contribution in [3.63, 3.8) is 0 Å². The lowest BCUT2D eigenvalue weighted by molar-refractivity contribution is 0.103. The van der Waals surface area contributed by atoms with E-state index in [1.165, 1.54) is 18.2 Å². The zero-order valence-corrected chi connectivity index (χ0v) is 9.71. The van der Waals surface area contributed by atoms with Crippen LogP contribution in [0.3, 0.4) is 0 Å². The normalized spacial score (nSPS) is 10.2. The first-order valence-corrected chi connectivity index (χ1v) is 5.50. The monoisotopic (exact) mass is 252 g/mol. The minimum absolute atomic E-state index is 0.249. The number of nitrogens with one attached hydrogen (secondary N) is 1. The number of hydrogen-bond acceptors (Lipinski definition) is 5. The van der Waals surface area contributed by atoms with Crippen molar-refractivity contribution in [2.75, 3.05) is 11.1 Å². The maximum atomic E-state index is 13.0. The van der Waals surface area contributed by atoms with Gasteiger partial charge in [-0.2, -0.15) is 0 Å². The summed E-state index contributed by atoms with van der Waals surface area (Å²) in [5.41, 5.74) is 6.56. The van der Waals surface area contributed by atoms with Gasteiger partial charge >= 0.3 is 0 Å². The molecule has 1 aromatic heterocycles. The topological polar surface area (TPSA) is 80.9 Å². The molecule has 2 rings (SSSR count). The first-order chi connectivity index (χ1) is 8.06. The minimum atomic E-state index is -0.501. The molecule has 0 saturated carbocycles. The number of amides is 1. The Bertz CT molecular complexity index is 549. The van der Waals surface area contributed by atoms with Crippen LogP contribution in [0.2, 0.25) is 0 Å². The molecule has 0 bridgehead atoms. The van der Waals surface area contributed by atoms with Crippen LogP contribution in [0, 0.1) is 12.7 Å². The molecule has 0 aliphatic heterocycles. The van der Waals surface area contributed by atoms with Gasteiger partial charge in [0.1, 0.15) is 10.7 Å². The van der Waals surface area contributed by atoms with Gasteiger partial charge in [0.25, 0.3) is 5.91 Å². The van der Waals surface area contributed by atoms with Crippen molar-refractivity contribution < 1.29 is 9.18 Å². The summed E-state index contributed by atoms with van der Waals surface area (Å²) >= 11 is 0.987. The molecule has 17 heavy (non-hydrogen) atoms. The van der Waals surface area contributed by atoms with Crippen LogP contribution in [-0.2, 0) is 0 Å². The Hall–Kier alpha value is -2.02. The number of carbonyl (C=O) groups is 1. The van der Waals surface area contributed by atoms with Crippen LogP contribution in [0.25, 0.3) is 0 Å². The first-order valence-electron chi connectivity index (χ1n) is 4.72. The van der Waals surface area contributed by atoms with E-state index in [-0.39, 0.29) is 11.6 Å². The molecule has 7 heteroatoms. The van der Waals surface area contributed by atoms with Gasteiger partial charge in [-0.1, -0.05) is 4.49 Å². The lowest BCUT2D eigenvalue weighted by Crippen LogP contribution is -2.12. The van der Waals surface area contributed by atoms with E-state index in [0.29, 0.717) is 16.3 Å². The number of nitrogens with zero attached hydrogens (tertiary/aromatic N) is 2. The smallest absolute Gasteiger partial charge is 0.269 e. The van der Waals surface area contributed by atoms with E-state index in [1.54, 1.807) is 6.92 Å². The zero-order chi connectivity index (χ0) is 12.4. The second-order valence-corrected chi connectivity index (χ2v) is 4.17. The lowest BCUT2D eigenvalue weighted by Gasteiger charge is -2.04. The first kappa shape index (κ1) is 11.5. The summed E-state index contributed by atoms with van der Waals surface area (Å²) in [6, 6.07) is 3.85. The third-order valence-corrected chi connectivity index (χ3v) is 2.86. The molecule has 0 unspecified atom stereocenters. The Balaban J connectivity index is 2.21. The summed E-state index contributed by atoms with van der Waals surface area (Å²) in [4.78, 5) is 12.2. The Morgan fingerprint density at radius 1 is 1.47 bits per heavy atom. The highest BCUT2D eigenvalue weighted by molar-refractivity contribution is 7.08. The number of hydrogen-bond donors (Lipinski definition) is 2. The van der Waals surface area contributed by atoms with E-state index in [0.717, 1.165) is 11.5 Å². The fraction of sp³-hybridized carbons (Fsp3) is 0.100. The number of anilines is 2. The highest BCUT2D eigenvalue weighted by Crippen LogP contribution is 2.17. The molecular weight excluding hydrogens is 243 g/mol. The molecule has 0 atom stereocenters. The largest absolute Gasteiger partial charge is 0.399 e. The Kier molecular flexibility index (Phi) is 3.01. The SMILES string of the molecule is Cc1nnsc1C(=O)Nc1cc(N)cc(F)c1. The van der Waals surface area contributed by atoms with Gasteiger partial charge < -0.3 is 11.1 Å². The molecule has 0 aliphatic carbocycles. The Morgan fingerprint density at radius 3 is 2.82 bits per heavy atom. The number of rotatable bonds is 2. The van der Waals surface area contributed by atoms with E-state index >= 15 is 0 Å². The number of nitrogen functional groups attached to an aromatic ring is 1. The fourth-order valence-corrected chi connectivity index (χ4v) is 1.86. The number of halogens is 1. The fourth-order valence-electron chi connectivity index (χ4n) is 1.31. The standard InChI is InChI=1S/C10H9FN4OS/c1-5-9(17-15-14-5)10(16)13-8-3-6(11)2-7(12)4-8/h2-4H,12H2,1H3,(H,13,16). The van der Waals surface area contributed by atoms with Crippen LogP contribution < -0.4 is 11.1 Å². The van der Waals surface area contributed by atoms with Crippen molar-refractivity contribution in [3.05, 3.63) is 34.6 Å². The number of aryl methyl sites for hydroxylation is 1. The van der Waals surface area contributed by atoms with Crippen molar-refractivity contribution in [2.24, 2.45) is 0 Å². The molecule has 0 fully saturated rings. The van der Waals surface area contributed by atoms with E-state index in [9.17, 15) is 9.18 Å². The van der Waals surface area contributed by atoms with Crippen LogP contribution in [0.15, 0.2) is 18.2 Å². The predicted molar refractivity (Wildman–Crippen MR) is 63.4 cm³/mol. The average Bonchev–Trinajstić information content (AvgIpc) is 2.62. The van der Waals surface area contributed by atoms with Gasteiger partial charge in [0.15, 0.2) is 0 Å². The van der Waals surface area contributed by atoms with Crippen LogP contribution in [0.5, 0.6) is 0 Å². The number of carbonyl (C=O) groups excluding carboxylic acids is 1. The molecule has 0 spiro atoms. The molecule has 1 heterocycles.